The lowest BCUT2D eigenvalue weighted by Gasteiger charge is -2.27. The second-order valence-corrected chi connectivity index (χ2v) is 8.36. The van der Waals surface area contributed by atoms with Crippen LogP contribution in [0.4, 0.5) is 0 Å². The first-order valence-corrected chi connectivity index (χ1v) is 8.82. The Labute approximate surface area is 128 Å². The third-order valence-corrected chi connectivity index (χ3v) is 7.43. The van der Waals surface area contributed by atoms with Gasteiger partial charge < -0.3 is 10.0 Å². The number of carboxylic acids is 1. The number of hydrogen-bond acceptors (Lipinski definition) is 4. The molecular formula is C15H17NO5S. The molecular weight excluding hydrogens is 306 g/mol. The molecule has 2 aliphatic heterocycles. The SMILES string of the molecule is O=C(O)C1CCS(=O)(=O)C12CCN(C(=O)c1ccccc1)C2. The van der Waals surface area contributed by atoms with E-state index in [4.69, 9.17) is 0 Å². The molecule has 3 rings (SSSR count). The van der Waals surface area contributed by atoms with E-state index < -0.39 is 26.5 Å². The molecule has 2 heterocycles. The minimum absolute atomic E-state index is 0.0278. The van der Waals surface area contributed by atoms with Crippen LogP contribution >= 0.6 is 0 Å². The van der Waals surface area contributed by atoms with Crippen molar-refractivity contribution in [2.45, 2.75) is 17.6 Å². The van der Waals surface area contributed by atoms with Gasteiger partial charge >= 0.3 is 5.97 Å². The highest BCUT2D eigenvalue weighted by atomic mass is 32.2. The Bertz CT molecular complexity index is 715. The van der Waals surface area contributed by atoms with Gasteiger partial charge in [0, 0.05) is 18.7 Å². The minimum Gasteiger partial charge on any atom is -0.481 e. The van der Waals surface area contributed by atoms with E-state index in [0.29, 0.717) is 5.56 Å². The third kappa shape index (κ3) is 2.11. The summed E-state index contributed by atoms with van der Waals surface area (Å²) in [5.41, 5.74) is 0.488. The summed E-state index contributed by atoms with van der Waals surface area (Å²) >= 11 is 0. The normalized spacial score (nSPS) is 29.8. The second kappa shape index (κ2) is 5.08. The first-order valence-electron chi connectivity index (χ1n) is 7.17. The Morgan fingerprint density at radius 1 is 1.23 bits per heavy atom. The van der Waals surface area contributed by atoms with E-state index in [2.05, 4.69) is 0 Å². The van der Waals surface area contributed by atoms with E-state index >= 15 is 0 Å². The van der Waals surface area contributed by atoms with Crippen LogP contribution in [0.1, 0.15) is 23.2 Å². The summed E-state index contributed by atoms with van der Waals surface area (Å²) in [5.74, 6) is -2.37. The first kappa shape index (κ1) is 15.0. The molecule has 1 spiro atoms. The summed E-state index contributed by atoms with van der Waals surface area (Å²) in [4.78, 5) is 25.4. The lowest BCUT2D eigenvalue weighted by Crippen LogP contribution is -2.47. The Morgan fingerprint density at radius 3 is 2.55 bits per heavy atom. The van der Waals surface area contributed by atoms with Crippen molar-refractivity contribution in [2.75, 3.05) is 18.8 Å². The molecule has 2 aliphatic rings. The van der Waals surface area contributed by atoms with Gasteiger partial charge in [-0.25, -0.2) is 8.42 Å². The summed E-state index contributed by atoms with van der Waals surface area (Å²) in [6.07, 6.45) is 0.329. The van der Waals surface area contributed by atoms with Gasteiger partial charge in [0.05, 0.1) is 11.7 Å². The summed E-state index contributed by atoms with van der Waals surface area (Å²) < 4.78 is 23.5. The van der Waals surface area contributed by atoms with Gasteiger partial charge in [-0.05, 0) is 25.0 Å². The Morgan fingerprint density at radius 2 is 1.91 bits per heavy atom. The van der Waals surface area contributed by atoms with Crippen LogP contribution in [0.25, 0.3) is 0 Å². The Kier molecular flexibility index (Phi) is 3.47. The number of carbonyl (C=O) groups is 2. The average molecular weight is 323 g/mol. The molecule has 1 aromatic carbocycles. The van der Waals surface area contributed by atoms with E-state index in [1.54, 1.807) is 30.3 Å². The summed E-state index contributed by atoms with van der Waals surface area (Å²) in [6, 6.07) is 8.62. The van der Waals surface area contributed by atoms with Crippen molar-refractivity contribution in [1.29, 1.82) is 0 Å². The Hall–Kier alpha value is -1.89. The minimum atomic E-state index is -3.50. The topological polar surface area (TPSA) is 91.8 Å². The number of benzene rings is 1. The quantitative estimate of drug-likeness (QED) is 0.869. The van der Waals surface area contributed by atoms with Gasteiger partial charge in [-0.1, -0.05) is 18.2 Å². The van der Waals surface area contributed by atoms with Gasteiger partial charge in [-0.15, -0.1) is 0 Å². The Balaban J connectivity index is 1.90. The lowest BCUT2D eigenvalue weighted by molar-refractivity contribution is -0.142. The van der Waals surface area contributed by atoms with Crippen LogP contribution in [0.15, 0.2) is 30.3 Å². The highest BCUT2D eigenvalue weighted by Gasteiger charge is 2.61. The van der Waals surface area contributed by atoms with E-state index in [1.807, 2.05) is 0 Å². The molecule has 7 heteroatoms. The van der Waals surface area contributed by atoms with Crippen molar-refractivity contribution < 1.29 is 23.1 Å². The molecule has 0 radical (unpaired) electrons. The summed E-state index contributed by atoms with van der Waals surface area (Å²) in [5, 5.41) is 9.35. The predicted octanol–water partition coefficient (Wildman–Crippen LogP) is 0.791. The molecule has 118 valence electrons. The molecule has 2 fully saturated rings. The van der Waals surface area contributed by atoms with Gasteiger partial charge in [0.1, 0.15) is 4.75 Å². The number of amides is 1. The van der Waals surface area contributed by atoms with Crippen molar-refractivity contribution in [2.24, 2.45) is 5.92 Å². The standard InChI is InChI=1S/C15H17NO5S/c17-13(11-4-2-1-3-5-11)16-8-7-15(10-16)12(14(18)19)6-9-22(15,20)21/h1-5,12H,6-10H2,(H,18,19). The second-order valence-electron chi connectivity index (χ2n) is 5.91. The maximum absolute atomic E-state index is 12.5. The van der Waals surface area contributed by atoms with Gasteiger partial charge in [0.15, 0.2) is 9.84 Å². The van der Waals surface area contributed by atoms with Crippen LogP contribution in [0, 0.1) is 5.92 Å². The van der Waals surface area contributed by atoms with E-state index in [0.717, 1.165) is 0 Å². The van der Waals surface area contributed by atoms with Crippen molar-refractivity contribution in [3.63, 3.8) is 0 Å². The van der Waals surface area contributed by atoms with Gasteiger partial charge in [0.25, 0.3) is 5.91 Å². The van der Waals surface area contributed by atoms with E-state index in [9.17, 15) is 23.1 Å². The number of rotatable bonds is 2. The number of likely N-dealkylation sites (tertiary alicyclic amines) is 1. The van der Waals surface area contributed by atoms with Crippen molar-refractivity contribution in [3.8, 4) is 0 Å². The smallest absolute Gasteiger partial charge is 0.308 e. The highest BCUT2D eigenvalue weighted by molar-refractivity contribution is 7.93. The number of carbonyl (C=O) groups excluding carboxylic acids is 1. The molecule has 2 unspecified atom stereocenters. The molecule has 2 atom stereocenters. The monoisotopic (exact) mass is 323 g/mol. The van der Waals surface area contributed by atoms with E-state index in [1.165, 1.54) is 4.90 Å². The fourth-order valence-electron chi connectivity index (χ4n) is 3.58. The van der Waals surface area contributed by atoms with Crippen molar-refractivity contribution in [3.05, 3.63) is 35.9 Å². The number of hydrogen-bond donors (Lipinski definition) is 1. The van der Waals surface area contributed by atoms with Crippen LogP contribution in [0.2, 0.25) is 0 Å². The van der Waals surface area contributed by atoms with Crippen LogP contribution in [0.5, 0.6) is 0 Å². The zero-order chi connectivity index (χ0) is 16.0. The van der Waals surface area contributed by atoms with Crippen LogP contribution in [-0.2, 0) is 14.6 Å². The largest absolute Gasteiger partial charge is 0.481 e. The molecule has 0 aromatic heterocycles. The van der Waals surface area contributed by atoms with Gasteiger partial charge in [-0.2, -0.15) is 0 Å². The molecule has 0 bridgehead atoms. The molecule has 2 saturated heterocycles. The molecule has 1 aromatic rings. The maximum Gasteiger partial charge on any atom is 0.308 e. The predicted molar refractivity (Wildman–Crippen MR) is 79.2 cm³/mol. The van der Waals surface area contributed by atoms with Crippen molar-refractivity contribution >= 4 is 21.7 Å². The zero-order valence-corrected chi connectivity index (χ0v) is 12.8. The van der Waals surface area contributed by atoms with Gasteiger partial charge in [-0.3, -0.25) is 9.59 Å². The van der Waals surface area contributed by atoms with Gasteiger partial charge in [0.2, 0.25) is 0 Å². The van der Waals surface area contributed by atoms with Crippen molar-refractivity contribution in [1.82, 2.24) is 4.90 Å². The number of sulfone groups is 1. The lowest BCUT2D eigenvalue weighted by atomic mass is 9.89. The fourth-order valence-corrected chi connectivity index (χ4v) is 5.94. The maximum atomic E-state index is 12.5. The average Bonchev–Trinajstić information content (AvgIpc) is 3.03. The molecule has 1 amide bonds. The highest BCUT2D eigenvalue weighted by Crippen LogP contribution is 2.45. The summed E-state index contributed by atoms with van der Waals surface area (Å²) in [7, 11) is -3.50. The summed E-state index contributed by atoms with van der Waals surface area (Å²) in [6.45, 7) is 0.247. The number of aliphatic carboxylic acids is 1. The molecule has 22 heavy (non-hydrogen) atoms. The number of carboxylic acid groups (broad SMARTS) is 1. The first-order chi connectivity index (χ1) is 10.4. The molecule has 1 N–H and O–H groups in total. The van der Waals surface area contributed by atoms with Crippen LogP contribution in [0.3, 0.4) is 0 Å². The van der Waals surface area contributed by atoms with Crippen LogP contribution < -0.4 is 0 Å². The molecule has 0 saturated carbocycles. The third-order valence-electron chi connectivity index (χ3n) is 4.80. The van der Waals surface area contributed by atoms with Crippen LogP contribution in [-0.4, -0.2) is 53.9 Å². The van der Waals surface area contributed by atoms with E-state index in [-0.39, 0.29) is 37.6 Å². The molecule has 6 nitrogen and oxygen atoms in total. The molecule has 0 aliphatic carbocycles. The zero-order valence-electron chi connectivity index (χ0n) is 11.9. The fraction of sp³-hybridized carbons (Fsp3) is 0.467. The number of nitrogens with zero attached hydrogens (tertiary/aromatic N) is 1.